The number of aromatic nitrogens is 3. The van der Waals surface area contributed by atoms with Gasteiger partial charge < -0.3 is 9.80 Å². The second-order valence-electron chi connectivity index (χ2n) is 6.94. The number of likely N-dealkylation sites (N-methyl/N-ethyl adjacent to an activating group) is 1. The Morgan fingerprint density at radius 2 is 1.17 bits per heavy atom. The molecule has 0 radical (unpaired) electrons. The molecular formula is C21H27N9. The summed E-state index contributed by atoms with van der Waals surface area (Å²) in [4.78, 5) is 18.3. The summed E-state index contributed by atoms with van der Waals surface area (Å²) in [7, 11) is 0. The molecular weight excluding hydrogens is 378 g/mol. The van der Waals surface area contributed by atoms with Gasteiger partial charge in [-0.1, -0.05) is 43.3 Å². The Morgan fingerprint density at radius 3 is 1.63 bits per heavy atom. The summed E-state index contributed by atoms with van der Waals surface area (Å²) in [6, 6.07) is 19.7. The number of para-hydroxylation sites is 2. The van der Waals surface area contributed by atoms with Crippen molar-refractivity contribution in [3.8, 4) is 0 Å². The Labute approximate surface area is 176 Å². The summed E-state index contributed by atoms with van der Waals surface area (Å²) in [5, 5.41) is 0. The molecule has 0 unspecified atom stereocenters. The summed E-state index contributed by atoms with van der Waals surface area (Å²) >= 11 is 0. The molecule has 2 heterocycles. The maximum Gasteiger partial charge on any atom is 0.248 e. The van der Waals surface area contributed by atoms with Gasteiger partial charge in [-0.2, -0.15) is 15.0 Å². The molecule has 9 heteroatoms. The zero-order valence-electron chi connectivity index (χ0n) is 17.0. The van der Waals surface area contributed by atoms with E-state index in [0.29, 0.717) is 17.8 Å². The van der Waals surface area contributed by atoms with Gasteiger partial charge in [-0.15, -0.1) is 0 Å². The first-order chi connectivity index (χ1) is 14.8. The highest BCUT2D eigenvalue weighted by Crippen LogP contribution is 2.17. The lowest BCUT2D eigenvalue weighted by molar-refractivity contribution is 0.270. The van der Waals surface area contributed by atoms with Crippen LogP contribution in [0.15, 0.2) is 60.7 Å². The lowest BCUT2D eigenvalue weighted by atomic mass is 10.3. The van der Waals surface area contributed by atoms with Gasteiger partial charge in [0, 0.05) is 26.2 Å². The standard InChI is InChI=1S/C21H27N9/c1-2-29-13-15-30(16-14-29)21-23-19(27-25-17-9-5-3-6-10-17)22-20(24-21)28-26-18-11-7-4-8-12-18/h3-12,25-26H,2,13-16H2,1H3,(H2,22,23,24,27,28). The average Bonchev–Trinajstić information content (AvgIpc) is 2.83. The molecule has 0 amide bonds. The second kappa shape index (κ2) is 9.75. The van der Waals surface area contributed by atoms with Gasteiger partial charge in [0.15, 0.2) is 0 Å². The van der Waals surface area contributed by atoms with Crippen LogP contribution in [0.25, 0.3) is 0 Å². The third kappa shape index (κ3) is 5.26. The Kier molecular flexibility index (Phi) is 6.41. The molecule has 0 atom stereocenters. The van der Waals surface area contributed by atoms with Crippen LogP contribution < -0.4 is 26.6 Å². The zero-order chi connectivity index (χ0) is 20.6. The Hall–Kier alpha value is -3.59. The van der Waals surface area contributed by atoms with Gasteiger partial charge in [0.05, 0.1) is 11.4 Å². The van der Waals surface area contributed by atoms with Crippen LogP contribution in [0.5, 0.6) is 0 Å². The van der Waals surface area contributed by atoms with Crippen LogP contribution >= 0.6 is 0 Å². The molecule has 0 spiro atoms. The predicted octanol–water partition coefficient (Wildman–Crippen LogP) is 2.89. The lowest BCUT2D eigenvalue weighted by Gasteiger charge is -2.34. The molecule has 1 aliphatic heterocycles. The fourth-order valence-electron chi connectivity index (χ4n) is 3.18. The number of hydrazine groups is 2. The minimum atomic E-state index is 0.444. The first kappa shape index (κ1) is 19.7. The van der Waals surface area contributed by atoms with Crippen LogP contribution in [-0.4, -0.2) is 52.6 Å². The molecule has 156 valence electrons. The summed E-state index contributed by atoms with van der Waals surface area (Å²) < 4.78 is 0. The van der Waals surface area contributed by atoms with E-state index >= 15 is 0 Å². The lowest BCUT2D eigenvalue weighted by Crippen LogP contribution is -2.46. The van der Waals surface area contributed by atoms with Gasteiger partial charge >= 0.3 is 0 Å². The summed E-state index contributed by atoms with van der Waals surface area (Å²) in [5.41, 5.74) is 14.3. The maximum atomic E-state index is 4.62. The summed E-state index contributed by atoms with van der Waals surface area (Å²) in [5.74, 6) is 1.54. The second-order valence-corrected chi connectivity index (χ2v) is 6.94. The number of nitrogens with one attached hydrogen (secondary N) is 4. The van der Waals surface area contributed by atoms with Gasteiger partial charge in [0.1, 0.15) is 0 Å². The third-order valence-electron chi connectivity index (χ3n) is 4.91. The number of benzene rings is 2. The molecule has 1 aliphatic rings. The minimum absolute atomic E-state index is 0.444. The van der Waals surface area contributed by atoms with Gasteiger partial charge in [-0.25, -0.2) is 0 Å². The minimum Gasteiger partial charge on any atom is -0.338 e. The molecule has 3 aromatic rings. The number of nitrogens with zero attached hydrogens (tertiary/aromatic N) is 5. The predicted molar refractivity (Wildman–Crippen MR) is 122 cm³/mol. The number of rotatable bonds is 8. The van der Waals surface area contributed by atoms with Crippen LogP contribution in [0.3, 0.4) is 0 Å². The molecule has 2 aromatic carbocycles. The maximum absolute atomic E-state index is 4.62. The normalized spacial score (nSPS) is 14.2. The Bertz CT molecular complexity index is 851. The molecule has 1 saturated heterocycles. The largest absolute Gasteiger partial charge is 0.338 e. The van der Waals surface area contributed by atoms with Crippen LogP contribution in [0.2, 0.25) is 0 Å². The number of anilines is 5. The fourth-order valence-corrected chi connectivity index (χ4v) is 3.18. The number of piperazine rings is 1. The highest BCUT2D eigenvalue weighted by molar-refractivity contribution is 5.52. The van der Waals surface area contributed by atoms with E-state index in [9.17, 15) is 0 Å². The van der Waals surface area contributed by atoms with Gasteiger partial charge in [0.25, 0.3) is 0 Å². The molecule has 0 aliphatic carbocycles. The molecule has 4 N–H and O–H groups in total. The molecule has 0 saturated carbocycles. The number of hydrogen-bond donors (Lipinski definition) is 4. The SMILES string of the molecule is CCN1CCN(c2nc(NNc3ccccc3)nc(NNc3ccccc3)n2)CC1. The van der Waals surface area contributed by atoms with Gasteiger partial charge in [-0.05, 0) is 30.8 Å². The first-order valence-electron chi connectivity index (χ1n) is 10.2. The summed E-state index contributed by atoms with van der Waals surface area (Å²) in [6.07, 6.45) is 0. The van der Waals surface area contributed by atoms with E-state index in [1.165, 1.54) is 0 Å². The first-order valence-corrected chi connectivity index (χ1v) is 10.2. The zero-order valence-corrected chi connectivity index (χ0v) is 17.0. The molecule has 9 nitrogen and oxygen atoms in total. The van der Waals surface area contributed by atoms with Crippen LogP contribution in [0.4, 0.5) is 29.2 Å². The molecule has 30 heavy (non-hydrogen) atoms. The highest BCUT2D eigenvalue weighted by atomic mass is 15.5. The van der Waals surface area contributed by atoms with E-state index in [0.717, 1.165) is 44.1 Å². The smallest absolute Gasteiger partial charge is 0.248 e. The summed E-state index contributed by atoms with van der Waals surface area (Å²) in [6.45, 7) is 7.01. The van der Waals surface area contributed by atoms with Gasteiger partial charge in [0.2, 0.25) is 17.8 Å². The van der Waals surface area contributed by atoms with Crippen molar-refractivity contribution in [2.75, 3.05) is 59.3 Å². The van der Waals surface area contributed by atoms with Crippen LogP contribution in [-0.2, 0) is 0 Å². The van der Waals surface area contributed by atoms with Crippen molar-refractivity contribution in [3.63, 3.8) is 0 Å². The van der Waals surface area contributed by atoms with Crippen LogP contribution in [0, 0.1) is 0 Å². The van der Waals surface area contributed by atoms with E-state index in [2.05, 4.69) is 53.4 Å². The Balaban J connectivity index is 1.50. The monoisotopic (exact) mass is 405 g/mol. The molecule has 0 bridgehead atoms. The fraction of sp³-hybridized carbons (Fsp3) is 0.286. The van der Waals surface area contributed by atoms with Crippen molar-refractivity contribution in [2.24, 2.45) is 0 Å². The number of hydrogen-bond acceptors (Lipinski definition) is 9. The molecule has 1 fully saturated rings. The molecule has 1 aromatic heterocycles. The highest BCUT2D eigenvalue weighted by Gasteiger charge is 2.19. The van der Waals surface area contributed by atoms with E-state index < -0.39 is 0 Å². The van der Waals surface area contributed by atoms with Crippen molar-refractivity contribution in [1.82, 2.24) is 19.9 Å². The molecule has 4 rings (SSSR count). The van der Waals surface area contributed by atoms with Crippen molar-refractivity contribution >= 4 is 29.2 Å². The quantitative estimate of drug-likeness (QED) is 0.422. The van der Waals surface area contributed by atoms with Crippen LogP contribution in [0.1, 0.15) is 6.92 Å². The topological polar surface area (TPSA) is 93.3 Å². The van der Waals surface area contributed by atoms with Crippen molar-refractivity contribution < 1.29 is 0 Å². The third-order valence-corrected chi connectivity index (χ3v) is 4.91. The Morgan fingerprint density at radius 1 is 0.667 bits per heavy atom. The average molecular weight is 406 g/mol. The van der Waals surface area contributed by atoms with E-state index in [1.807, 2.05) is 60.7 Å². The van der Waals surface area contributed by atoms with Crippen molar-refractivity contribution in [3.05, 3.63) is 60.7 Å². The van der Waals surface area contributed by atoms with E-state index in [4.69, 9.17) is 0 Å². The van der Waals surface area contributed by atoms with Crippen molar-refractivity contribution in [2.45, 2.75) is 6.92 Å². The van der Waals surface area contributed by atoms with E-state index in [1.54, 1.807) is 0 Å². The van der Waals surface area contributed by atoms with E-state index in [-0.39, 0.29) is 0 Å². The van der Waals surface area contributed by atoms with Crippen molar-refractivity contribution in [1.29, 1.82) is 0 Å². The van der Waals surface area contributed by atoms with Gasteiger partial charge in [-0.3, -0.25) is 21.7 Å².